The molecular formula is C19H20N4O4. The monoisotopic (exact) mass is 368 g/mol. The Kier molecular flexibility index (Phi) is 4.81. The summed E-state index contributed by atoms with van der Waals surface area (Å²) in [5, 5.41) is 2.88. The van der Waals surface area contributed by atoms with Crippen molar-refractivity contribution >= 4 is 22.6 Å². The summed E-state index contributed by atoms with van der Waals surface area (Å²) in [6.07, 6.45) is 1.46. The summed E-state index contributed by atoms with van der Waals surface area (Å²) in [5.41, 5.74) is 1.58. The molecule has 3 aromatic rings. The van der Waals surface area contributed by atoms with Gasteiger partial charge in [-0.05, 0) is 43.2 Å². The van der Waals surface area contributed by atoms with Gasteiger partial charge < -0.3 is 10.1 Å². The summed E-state index contributed by atoms with van der Waals surface area (Å²) >= 11 is 0. The van der Waals surface area contributed by atoms with E-state index in [4.69, 9.17) is 4.74 Å². The zero-order valence-corrected chi connectivity index (χ0v) is 15.6. The molecule has 0 spiro atoms. The van der Waals surface area contributed by atoms with Crippen molar-refractivity contribution in [2.45, 2.75) is 20.4 Å². The van der Waals surface area contributed by atoms with E-state index < -0.39 is 23.7 Å². The Balaban J connectivity index is 2.03. The first-order valence-electron chi connectivity index (χ1n) is 8.32. The number of methoxy groups -OCH3 is 1. The minimum atomic E-state index is -0.621. The van der Waals surface area contributed by atoms with Crippen LogP contribution in [0.25, 0.3) is 11.0 Å². The number of aromatic nitrogens is 3. The first-order valence-corrected chi connectivity index (χ1v) is 8.32. The summed E-state index contributed by atoms with van der Waals surface area (Å²) in [6, 6.07) is 7.16. The molecule has 0 unspecified atom stereocenters. The van der Waals surface area contributed by atoms with Gasteiger partial charge in [-0.2, -0.15) is 0 Å². The lowest BCUT2D eigenvalue weighted by atomic mass is 10.1. The van der Waals surface area contributed by atoms with Crippen LogP contribution < -0.4 is 21.3 Å². The van der Waals surface area contributed by atoms with Gasteiger partial charge in [-0.25, -0.2) is 14.3 Å². The van der Waals surface area contributed by atoms with Crippen LogP contribution in [0, 0.1) is 13.8 Å². The highest BCUT2D eigenvalue weighted by Gasteiger charge is 2.17. The van der Waals surface area contributed by atoms with Crippen molar-refractivity contribution in [2.75, 3.05) is 12.4 Å². The van der Waals surface area contributed by atoms with Crippen molar-refractivity contribution in [3.8, 4) is 5.75 Å². The third kappa shape index (κ3) is 3.46. The molecule has 8 heteroatoms. The Labute approximate surface area is 155 Å². The van der Waals surface area contributed by atoms with E-state index in [1.807, 2.05) is 32.0 Å². The number of nitrogens with zero attached hydrogens (tertiary/aromatic N) is 3. The fourth-order valence-electron chi connectivity index (χ4n) is 3.08. The minimum absolute atomic E-state index is 0.154. The van der Waals surface area contributed by atoms with Crippen LogP contribution >= 0.6 is 0 Å². The van der Waals surface area contributed by atoms with Gasteiger partial charge in [0, 0.05) is 18.9 Å². The van der Waals surface area contributed by atoms with Gasteiger partial charge >= 0.3 is 5.69 Å². The molecule has 0 aliphatic carbocycles. The first kappa shape index (κ1) is 18.4. The second-order valence-corrected chi connectivity index (χ2v) is 6.37. The Morgan fingerprint density at radius 2 is 1.85 bits per heavy atom. The molecule has 8 nitrogen and oxygen atoms in total. The standard InChI is InChI=1S/C19H20N4O4/c1-11-7-12(2)9-13(8-11)21-15(24)10-23-18(25)16-14(27-4)5-6-20-17(16)22(3)19(23)26/h5-9H,10H2,1-4H3,(H,21,24). The molecule has 1 amide bonds. The molecular weight excluding hydrogens is 348 g/mol. The number of rotatable bonds is 4. The maximum absolute atomic E-state index is 12.8. The van der Waals surface area contributed by atoms with E-state index in [0.29, 0.717) is 11.4 Å². The van der Waals surface area contributed by atoms with Crippen molar-refractivity contribution < 1.29 is 9.53 Å². The molecule has 0 aliphatic heterocycles. The van der Waals surface area contributed by atoms with Crippen LogP contribution in [0.1, 0.15) is 11.1 Å². The minimum Gasteiger partial charge on any atom is -0.496 e. The van der Waals surface area contributed by atoms with Crippen LogP contribution in [0.4, 0.5) is 5.69 Å². The van der Waals surface area contributed by atoms with Crippen molar-refractivity contribution in [3.05, 3.63) is 62.4 Å². The molecule has 1 N–H and O–H groups in total. The molecule has 0 saturated heterocycles. The zero-order chi connectivity index (χ0) is 19.7. The van der Waals surface area contributed by atoms with Gasteiger partial charge in [0.25, 0.3) is 5.56 Å². The number of nitrogens with one attached hydrogen (secondary N) is 1. The Morgan fingerprint density at radius 3 is 2.48 bits per heavy atom. The normalized spacial score (nSPS) is 10.8. The van der Waals surface area contributed by atoms with Gasteiger partial charge in [0.2, 0.25) is 5.91 Å². The average Bonchev–Trinajstić information content (AvgIpc) is 2.61. The molecule has 3 rings (SSSR count). The van der Waals surface area contributed by atoms with E-state index in [9.17, 15) is 14.4 Å². The number of hydrogen-bond donors (Lipinski definition) is 1. The molecule has 0 bridgehead atoms. The lowest BCUT2D eigenvalue weighted by molar-refractivity contribution is -0.116. The highest BCUT2D eigenvalue weighted by molar-refractivity contribution is 5.91. The predicted octanol–water partition coefficient (Wildman–Crippen LogP) is 1.36. The third-order valence-corrected chi connectivity index (χ3v) is 4.21. The molecule has 0 radical (unpaired) electrons. The van der Waals surface area contributed by atoms with Crippen molar-refractivity contribution in [2.24, 2.45) is 7.05 Å². The number of anilines is 1. The third-order valence-electron chi connectivity index (χ3n) is 4.21. The van der Waals surface area contributed by atoms with Crippen LogP contribution in [0.2, 0.25) is 0 Å². The molecule has 0 fully saturated rings. The van der Waals surface area contributed by atoms with Crippen molar-refractivity contribution in [1.82, 2.24) is 14.1 Å². The summed E-state index contributed by atoms with van der Waals surface area (Å²) in [5.74, 6) is -0.175. The van der Waals surface area contributed by atoms with Gasteiger partial charge in [0.05, 0.1) is 7.11 Å². The van der Waals surface area contributed by atoms with E-state index in [0.717, 1.165) is 15.7 Å². The smallest absolute Gasteiger partial charge is 0.332 e. The lowest BCUT2D eigenvalue weighted by Crippen LogP contribution is -2.42. The van der Waals surface area contributed by atoms with Gasteiger partial charge in [0.1, 0.15) is 17.7 Å². The quantitative estimate of drug-likeness (QED) is 0.750. The molecule has 2 aromatic heterocycles. The number of pyridine rings is 1. The van der Waals surface area contributed by atoms with Crippen LogP contribution in [0.15, 0.2) is 40.1 Å². The second-order valence-electron chi connectivity index (χ2n) is 6.37. The average molecular weight is 368 g/mol. The largest absolute Gasteiger partial charge is 0.496 e. The van der Waals surface area contributed by atoms with E-state index >= 15 is 0 Å². The number of ether oxygens (including phenoxy) is 1. The van der Waals surface area contributed by atoms with Crippen LogP contribution in [0.5, 0.6) is 5.75 Å². The highest BCUT2D eigenvalue weighted by Crippen LogP contribution is 2.18. The Bertz CT molecular complexity index is 1140. The number of fused-ring (bicyclic) bond motifs is 1. The van der Waals surface area contributed by atoms with Gasteiger partial charge in [-0.3, -0.25) is 14.2 Å². The summed E-state index contributed by atoms with van der Waals surface area (Å²) in [4.78, 5) is 41.9. The second kappa shape index (κ2) is 7.06. The number of aryl methyl sites for hydroxylation is 3. The summed E-state index contributed by atoms with van der Waals surface area (Å²) < 4.78 is 7.32. The fourth-order valence-corrected chi connectivity index (χ4v) is 3.08. The zero-order valence-electron chi connectivity index (χ0n) is 15.6. The van der Waals surface area contributed by atoms with Crippen molar-refractivity contribution in [1.29, 1.82) is 0 Å². The number of benzene rings is 1. The van der Waals surface area contributed by atoms with Crippen LogP contribution in [-0.4, -0.2) is 27.1 Å². The molecule has 0 aliphatic rings. The highest BCUT2D eigenvalue weighted by atomic mass is 16.5. The number of amides is 1. The van der Waals surface area contributed by atoms with E-state index in [1.54, 1.807) is 0 Å². The Hall–Kier alpha value is -3.42. The predicted molar refractivity (Wildman–Crippen MR) is 102 cm³/mol. The molecule has 1 aromatic carbocycles. The summed E-state index contributed by atoms with van der Waals surface area (Å²) in [7, 11) is 2.92. The van der Waals surface area contributed by atoms with Crippen molar-refractivity contribution in [3.63, 3.8) is 0 Å². The number of carbonyl (C=O) groups excluding carboxylic acids is 1. The first-order chi connectivity index (χ1) is 12.8. The maximum atomic E-state index is 12.8. The fraction of sp³-hybridized carbons (Fsp3) is 0.263. The molecule has 0 atom stereocenters. The molecule has 0 saturated carbocycles. The molecule has 2 heterocycles. The number of carbonyl (C=O) groups is 1. The summed E-state index contributed by atoms with van der Waals surface area (Å²) in [6.45, 7) is 3.43. The lowest BCUT2D eigenvalue weighted by Gasteiger charge is -2.12. The maximum Gasteiger partial charge on any atom is 0.332 e. The van der Waals surface area contributed by atoms with Crippen LogP contribution in [0.3, 0.4) is 0 Å². The SMILES string of the molecule is COc1ccnc2c1c(=O)n(CC(=O)Nc1cc(C)cc(C)c1)c(=O)n2C. The molecule has 140 valence electrons. The Morgan fingerprint density at radius 1 is 1.19 bits per heavy atom. The molecule has 27 heavy (non-hydrogen) atoms. The van der Waals surface area contributed by atoms with E-state index in [2.05, 4.69) is 10.3 Å². The number of hydrogen-bond acceptors (Lipinski definition) is 5. The van der Waals surface area contributed by atoms with Gasteiger partial charge in [-0.1, -0.05) is 6.07 Å². The van der Waals surface area contributed by atoms with Crippen LogP contribution in [-0.2, 0) is 18.4 Å². The van der Waals surface area contributed by atoms with E-state index in [1.165, 1.54) is 31.0 Å². The van der Waals surface area contributed by atoms with Gasteiger partial charge in [-0.15, -0.1) is 0 Å². The van der Waals surface area contributed by atoms with Gasteiger partial charge in [0.15, 0.2) is 5.65 Å². The topological polar surface area (TPSA) is 95.2 Å². The van der Waals surface area contributed by atoms with E-state index in [-0.39, 0.29) is 11.0 Å².